The molecule has 1 aliphatic heterocycles. The van der Waals surface area contributed by atoms with Crippen molar-refractivity contribution in [3.05, 3.63) is 58.0 Å². The van der Waals surface area contributed by atoms with E-state index in [2.05, 4.69) is 20.1 Å². The maximum absolute atomic E-state index is 12.7. The Labute approximate surface area is 183 Å². The zero-order chi connectivity index (χ0) is 21.1. The second-order valence-electron chi connectivity index (χ2n) is 7.35. The summed E-state index contributed by atoms with van der Waals surface area (Å²) in [7, 11) is 0. The topological polar surface area (TPSA) is 70.0 Å². The van der Waals surface area contributed by atoms with E-state index >= 15 is 0 Å². The van der Waals surface area contributed by atoms with E-state index < -0.39 is 0 Å². The predicted molar refractivity (Wildman–Crippen MR) is 123 cm³/mol. The number of thioether (sulfide) groups is 1. The number of amides is 1. The molecule has 1 unspecified atom stereocenters. The molecule has 0 radical (unpaired) electrons. The molecular weight excluding hydrogens is 418 g/mol. The normalized spacial score (nSPS) is 16.6. The largest absolute Gasteiger partial charge is 0.325 e. The summed E-state index contributed by atoms with van der Waals surface area (Å²) >= 11 is 3.12. The Kier molecular flexibility index (Phi) is 6.52. The summed E-state index contributed by atoms with van der Waals surface area (Å²) in [5.74, 6) is 0.0135. The number of hydrogen-bond donors (Lipinski definition) is 1. The summed E-state index contributed by atoms with van der Waals surface area (Å²) in [6.45, 7) is 5.89. The van der Waals surface area contributed by atoms with Gasteiger partial charge in [-0.1, -0.05) is 6.07 Å². The van der Waals surface area contributed by atoms with Crippen molar-refractivity contribution in [2.75, 3.05) is 37.8 Å². The van der Waals surface area contributed by atoms with Crippen LogP contribution >= 0.6 is 23.1 Å². The first kappa shape index (κ1) is 21.0. The molecule has 0 bridgehead atoms. The smallest absolute Gasteiger partial charge is 0.258 e. The number of fused-ring (bicyclic) bond motifs is 1. The summed E-state index contributed by atoms with van der Waals surface area (Å²) in [6.07, 6.45) is 3.77. The quantitative estimate of drug-likeness (QED) is 0.591. The van der Waals surface area contributed by atoms with Gasteiger partial charge in [-0.25, -0.2) is 4.98 Å². The van der Waals surface area contributed by atoms with E-state index in [4.69, 9.17) is 0 Å². The van der Waals surface area contributed by atoms with Gasteiger partial charge in [-0.05, 0) is 31.4 Å². The Morgan fingerprint density at radius 2 is 2.07 bits per heavy atom. The molecule has 1 aromatic carbocycles. The molecule has 1 fully saturated rings. The van der Waals surface area contributed by atoms with Crippen molar-refractivity contribution in [2.45, 2.75) is 24.4 Å². The number of anilines is 1. The highest BCUT2D eigenvalue weighted by Gasteiger charge is 2.26. The molecule has 1 atom stereocenters. The van der Waals surface area contributed by atoms with Crippen LogP contribution in [-0.4, -0.2) is 63.6 Å². The molecule has 1 aliphatic rings. The first-order valence-corrected chi connectivity index (χ1v) is 12.0. The third-order valence-corrected chi connectivity index (χ3v) is 6.90. The lowest BCUT2D eigenvalue weighted by molar-refractivity contribution is -0.121. The van der Waals surface area contributed by atoms with Gasteiger partial charge in [0.25, 0.3) is 5.56 Å². The van der Waals surface area contributed by atoms with Crippen LogP contribution in [0.4, 0.5) is 5.69 Å². The van der Waals surface area contributed by atoms with Gasteiger partial charge in [-0.2, -0.15) is 0 Å². The second-order valence-corrected chi connectivity index (χ2v) is 9.10. The highest BCUT2D eigenvalue weighted by Crippen LogP contribution is 2.19. The summed E-state index contributed by atoms with van der Waals surface area (Å²) in [4.78, 5) is 35.8. The predicted octanol–water partition coefficient (Wildman–Crippen LogP) is 2.62. The molecule has 1 saturated heterocycles. The van der Waals surface area contributed by atoms with E-state index in [0.717, 1.165) is 47.4 Å². The van der Waals surface area contributed by atoms with Crippen molar-refractivity contribution in [2.24, 2.45) is 0 Å². The van der Waals surface area contributed by atoms with Gasteiger partial charge in [-0.3, -0.25) is 23.8 Å². The monoisotopic (exact) mass is 443 g/mol. The van der Waals surface area contributed by atoms with Crippen LogP contribution in [0.5, 0.6) is 0 Å². The Morgan fingerprint density at radius 1 is 1.27 bits per heavy atom. The van der Waals surface area contributed by atoms with Gasteiger partial charge in [0.1, 0.15) is 0 Å². The van der Waals surface area contributed by atoms with Gasteiger partial charge < -0.3 is 5.32 Å². The average Bonchev–Trinajstić information content (AvgIpc) is 3.23. The number of carbonyl (C=O) groups is 1. The lowest BCUT2D eigenvalue weighted by Crippen LogP contribution is -2.52. The molecule has 2 aromatic heterocycles. The fraction of sp³-hybridized carbons (Fsp3) is 0.381. The Balaban J connectivity index is 1.31. The number of hydrogen-bond acceptors (Lipinski definition) is 7. The van der Waals surface area contributed by atoms with Crippen LogP contribution in [-0.2, 0) is 11.3 Å². The van der Waals surface area contributed by atoms with E-state index in [9.17, 15) is 9.59 Å². The molecule has 158 valence electrons. The second kappa shape index (κ2) is 9.30. The number of benzene rings is 1. The van der Waals surface area contributed by atoms with Crippen LogP contribution in [0.2, 0.25) is 0 Å². The molecule has 30 heavy (non-hydrogen) atoms. The van der Waals surface area contributed by atoms with E-state index in [1.165, 1.54) is 11.3 Å². The van der Waals surface area contributed by atoms with Gasteiger partial charge in [0.2, 0.25) is 5.91 Å². The number of rotatable bonds is 6. The standard InChI is InChI=1S/C21H25N5O2S2/c1-15(20(28)22-16-4-3-5-18(12-16)29-2)25-8-6-24(7-9-25)14-17-13-19(27)26-10-11-30-21(26)23-17/h3-5,10-13,15H,6-9,14H2,1-2H3,(H,22,28). The van der Waals surface area contributed by atoms with Crippen LogP contribution in [0.25, 0.3) is 4.96 Å². The summed E-state index contributed by atoms with van der Waals surface area (Å²) in [6, 6.07) is 9.32. The van der Waals surface area contributed by atoms with Gasteiger partial charge in [0.15, 0.2) is 4.96 Å². The molecule has 0 saturated carbocycles. The first-order chi connectivity index (χ1) is 14.5. The van der Waals surface area contributed by atoms with E-state index in [1.54, 1.807) is 28.4 Å². The van der Waals surface area contributed by atoms with Gasteiger partial charge in [0, 0.05) is 60.9 Å². The number of nitrogens with zero attached hydrogens (tertiary/aromatic N) is 4. The van der Waals surface area contributed by atoms with Crippen molar-refractivity contribution >= 4 is 39.7 Å². The average molecular weight is 444 g/mol. The van der Waals surface area contributed by atoms with E-state index in [1.807, 2.05) is 42.8 Å². The minimum atomic E-state index is -0.199. The van der Waals surface area contributed by atoms with Gasteiger partial charge in [0.05, 0.1) is 11.7 Å². The molecule has 1 amide bonds. The summed E-state index contributed by atoms with van der Waals surface area (Å²) < 4.78 is 1.57. The molecule has 4 rings (SSSR count). The number of carbonyl (C=O) groups excluding carboxylic acids is 1. The molecule has 7 nitrogen and oxygen atoms in total. The minimum Gasteiger partial charge on any atom is -0.325 e. The van der Waals surface area contributed by atoms with Crippen molar-refractivity contribution in [3.63, 3.8) is 0 Å². The lowest BCUT2D eigenvalue weighted by atomic mass is 10.2. The molecule has 0 spiro atoms. The summed E-state index contributed by atoms with van der Waals surface area (Å²) in [5, 5.41) is 4.90. The Bertz CT molecular complexity index is 1090. The maximum Gasteiger partial charge on any atom is 0.258 e. The summed E-state index contributed by atoms with van der Waals surface area (Å²) in [5.41, 5.74) is 1.60. The maximum atomic E-state index is 12.7. The number of aromatic nitrogens is 2. The van der Waals surface area contributed by atoms with Crippen molar-refractivity contribution < 1.29 is 4.79 Å². The van der Waals surface area contributed by atoms with Crippen molar-refractivity contribution in [1.82, 2.24) is 19.2 Å². The molecule has 1 N–H and O–H groups in total. The van der Waals surface area contributed by atoms with Crippen LogP contribution < -0.4 is 10.9 Å². The fourth-order valence-corrected chi connectivity index (χ4v) is 4.82. The molecular formula is C21H25N5O2S2. The minimum absolute atomic E-state index is 0.0135. The van der Waals surface area contributed by atoms with Crippen LogP contribution in [0.1, 0.15) is 12.6 Å². The molecule has 0 aliphatic carbocycles. The lowest BCUT2D eigenvalue weighted by Gasteiger charge is -2.37. The SMILES string of the molecule is CSc1cccc(NC(=O)C(C)N2CCN(Cc3cc(=O)n4ccsc4n3)CC2)c1. The fourth-order valence-electron chi connectivity index (χ4n) is 3.62. The number of piperazine rings is 1. The van der Waals surface area contributed by atoms with Gasteiger partial charge in [-0.15, -0.1) is 23.1 Å². The first-order valence-electron chi connectivity index (χ1n) is 9.90. The van der Waals surface area contributed by atoms with Crippen molar-refractivity contribution in [1.29, 1.82) is 0 Å². The zero-order valence-electron chi connectivity index (χ0n) is 17.1. The zero-order valence-corrected chi connectivity index (χ0v) is 18.7. The third kappa shape index (κ3) is 4.75. The third-order valence-electron chi connectivity index (χ3n) is 5.41. The molecule has 3 heterocycles. The van der Waals surface area contributed by atoms with E-state index in [-0.39, 0.29) is 17.5 Å². The Morgan fingerprint density at radius 3 is 2.83 bits per heavy atom. The Hall–Kier alpha value is -2.20. The highest BCUT2D eigenvalue weighted by atomic mass is 32.2. The molecule has 3 aromatic rings. The highest BCUT2D eigenvalue weighted by molar-refractivity contribution is 7.98. The van der Waals surface area contributed by atoms with Crippen LogP contribution in [0.3, 0.4) is 0 Å². The van der Waals surface area contributed by atoms with E-state index in [0.29, 0.717) is 6.54 Å². The van der Waals surface area contributed by atoms with Crippen molar-refractivity contribution in [3.8, 4) is 0 Å². The van der Waals surface area contributed by atoms with Crippen LogP contribution in [0, 0.1) is 0 Å². The van der Waals surface area contributed by atoms with Gasteiger partial charge >= 0.3 is 0 Å². The molecule has 9 heteroatoms. The number of nitrogens with one attached hydrogen (secondary N) is 1. The van der Waals surface area contributed by atoms with Crippen LogP contribution in [0.15, 0.2) is 51.6 Å². The number of thiazole rings is 1.